The van der Waals surface area contributed by atoms with Gasteiger partial charge in [-0.1, -0.05) is 12.1 Å². The Balaban J connectivity index is 2.72. The van der Waals surface area contributed by atoms with Gasteiger partial charge < -0.3 is 21.3 Å². The maximum atomic E-state index is 11.0. The van der Waals surface area contributed by atoms with Gasteiger partial charge in [0.25, 0.3) is 5.91 Å². The van der Waals surface area contributed by atoms with Crippen molar-refractivity contribution < 1.29 is 14.6 Å². The van der Waals surface area contributed by atoms with Crippen molar-refractivity contribution in [3.05, 3.63) is 29.8 Å². The summed E-state index contributed by atoms with van der Waals surface area (Å²) in [5.74, 6) is -0.203. The van der Waals surface area contributed by atoms with Crippen LogP contribution < -0.4 is 16.2 Å². The fourth-order valence-electron chi connectivity index (χ4n) is 1.05. The van der Waals surface area contributed by atoms with E-state index in [1.165, 1.54) is 0 Å². The zero-order valence-corrected chi connectivity index (χ0v) is 8.22. The highest BCUT2D eigenvalue weighted by atomic mass is 16.5. The average molecular weight is 210 g/mol. The fourth-order valence-corrected chi connectivity index (χ4v) is 1.05. The molecule has 0 bridgehead atoms. The zero-order chi connectivity index (χ0) is 11.3. The number of aliphatic hydroxyl groups is 1. The van der Waals surface area contributed by atoms with Gasteiger partial charge in [0.2, 0.25) is 0 Å². The van der Waals surface area contributed by atoms with Gasteiger partial charge in [0.15, 0.2) is 0 Å². The number of rotatable bonds is 5. The van der Waals surface area contributed by atoms with Gasteiger partial charge in [-0.05, 0) is 12.1 Å². The lowest BCUT2D eigenvalue weighted by Gasteiger charge is -2.12. The Morgan fingerprint density at radius 2 is 2.13 bits per heavy atom. The van der Waals surface area contributed by atoms with Crippen molar-refractivity contribution in [2.24, 2.45) is 11.5 Å². The zero-order valence-electron chi connectivity index (χ0n) is 8.22. The maximum absolute atomic E-state index is 11.0. The van der Waals surface area contributed by atoms with Crippen molar-refractivity contribution >= 4 is 5.91 Å². The molecule has 15 heavy (non-hydrogen) atoms. The van der Waals surface area contributed by atoms with Crippen LogP contribution in [0.5, 0.6) is 5.75 Å². The van der Waals surface area contributed by atoms with E-state index in [0.29, 0.717) is 11.3 Å². The van der Waals surface area contributed by atoms with Crippen LogP contribution in [-0.2, 0) is 0 Å². The summed E-state index contributed by atoms with van der Waals surface area (Å²) in [6, 6.07) is 6.58. The lowest BCUT2D eigenvalue weighted by atomic mass is 10.2. The van der Waals surface area contributed by atoms with Crippen LogP contribution in [0.4, 0.5) is 0 Å². The molecule has 0 aliphatic carbocycles. The highest BCUT2D eigenvalue weighted by Gasteiger charge is 2.09. The van der Waals surface area contributed by atoms with E-state index >= 15 is 0 Å². The molecule has 0 radical (unpaired) electrons. The predicted octanol–water partition coefficient (Wildman–Crippen LogP) is -0.516. The topological polar surface area (TPSA) is 98.6 Å². The third-order valence-corrected chi connectivity index (χ3v) is 1.86. The molecule has 1 aromatic rings. The smallest absolute Gasteiger partial charge is 0.252 e. The molecule has 1 atom stereocenters. The summed E-state index contributed by atoms with van der Waals surface area (Å²) in [7, 11) is 0. The Morgan fingerprint density at radius 3 is 2.73 bits per heavy atom. The molecule has 0 heterocycles. The van der Waals surface area contributed by atoms with Crippen LogP contribution in [0.2, 0.25) is 0 Å². The summed E-state index contributed by atoms with van der Waals surface area (Å²) in [4.78, 5) is 11.0. The van der Waals surface area contributed by atoms with Gasteiger partial charge in [-0.25, -0.2) is 0 Å². The van der Waals surface area contributed by atoms with Crippen LogP contribution in [0.15, 0.2) is 24.3 Å². The molecule has 0 aliphatic rings. The van der Waals surface area contributed by atoms with Gasteiger partial charge in [-0.2, -0.15) is 0 Å². The van der Waals surface area contributed by atoms with Crippen molar-refractivity contribution in [2.75, 3.05) is 13.2 Å². The molecular weight excluding hydrogens is 196 g/mol. The molecule has 5 N–H and O–H groups in total. The summed E-state index contributed by atoms with van der Waals surface area (Å²) in [6.07, 6.45) is -0.745. The number of para-hydroxylation sites is 1. The van der Waals surface area contributed by atoms with Gasteiger partial charge in [-0.3, -0.25) is 4.79 Å². The number of hydrogen-bond acceptors (Lipinski definition) is 4. The number of carbonyl (C=O) groups excluding carboxylic acids is 1. The largest absolute Gasteiger partial charge is 0.490 e. The minimum atomic E-state index is -0.745. The van der Waals surface area contributed by atoms with Crippen LogP contribution in [0.1, 0.15) is 10.4 Å². The fraction of sp³-hybridized carbons (Fsp3) is 0.300. The lowest BCUT2D eigenvalue weighted by molar-refractivity contribution is 0.0977. The first-order valence-corrected chi connectivity index (χ1v) is 4.55. The molecule has 0 saturated carbocycles. The third kappa shape index (κ3) is 3.23. The van der Waals surface area contributed by atoms with E-state index in [9.17, 15) is 9.90 Å². The average Bonchev–Trinajstić information content (AvgIpc) is 2.26. The monoisotopic (exact) mass is 210 g/mol. The van der Waals surface area contributed by atoms with E-state index in [-0.39, 0.29) is 13.2 Å². The van der Waals surface area contributed by atoms with Crippen molar-refractivity contribution in [3.8, 4) is 5.75 Å². The van der Waals surface area contributed by atoms with Gasteiger partial charge in [-0.15, -0.1) is 0 Å². The summed E-state index contributed by atoms with van der Waals surface area (Å²) >= 11 is 0. The Bertz CT molecular complexity index is 341. The summed E-state index contributed by atoms with van der Waals surface area (Å²) in [6.45, 7) is 0.152. The van der Waals surface area contributed by atoms with E-state index in [1.807, 2.05) is 0 Å². The number of hydrogen-bond donors (Lipinski definition) is 3. The Morgan fingerprint density at radius 1 is 1.47 bits per heavy atom. The Labute approximate surface area is 87.6 Å². The molecule has 0 aromatic heterocycles. The number of aliphatic hydroxyl groups excluding tert-OH is 1. The minimum absolute atomic E-state index is 0.0425. The molecule has 5 heteroatoms. The molecule has 1 rings (SSSR count). The van der Waals surface area contributed by atoms with Crippen molar-refractivity contribution in [1.82, 2.24) is 0 Å². The van der Waals surface area contributed by atoms with Crippen LogP contribution >= 0.6 is 0 Å². The third-order valence-electron chi connectivity index (χ3n) is 1.86. The van der Waals surface area contributed by atoms with E-state index in [4.69, 9.17) is 16.2 Å². The van der Waals surface area contributed by atoms with Crippen LogP contribution in [0.3, 0.4) is 0 Å². The molecule has 82 valence electrons. The molecule has 1 unspecified atom stereocenters. The van der Waals surface area contributed by atoms with Crippen molar-refractivity contribution in [3.63, 3.8) is 0 Å². The maximum Gasteiger partial charge on any atom is 0.252 e. The first-order chi connectivity index (χ1) is 7.15. The first kappa shape index (κ1) is 11.5. The van der Waals surface area contributed by atoms with Crippen molar-refractivity contribution in [1.29, 1.82) is 0 Å². The molecule has 0 fully saturated rings. The standard InChI is InChI=1S/C10H14N2O3/c11-5-7(13)6-15-9-4-2-1-3-8(9)10(12)14/h1-4,7,13H,5-6,11H2,(H2,12,14). The second-order valence-corrected chi connectivity index (χ2v) is 3.06. The van der Waals surface area contributed by atoms with E-state index in [1.54, 1.807) is 24.3 Å². The lowest BCUT2D eigenvalue weighted by Crippen LogP contribution is -2.27. The number of amides is 1. The number of carbonyl (C=O) groups is 1. The molecule has 0 saturated heterocycles. The molecule has 5 nitrogen and oxygen atoms in total. The van der Waals surface area contributed by atoms with E-state index < -0.39 is 12.0 Å². The SMILES string of the molecule is NCC(O)COc1ccccc1C(N)=O. The molecule has 1 aromatic carbocycles. The second-order valence-electron chi connectivity index (χ2n) is 3.06. The normalized spacial score (nSPS) is 12.1. The summed E-state index contributed by atoms with van der Waals surface area (Å²) < 4.78 is 5.22. The highest BCUT2D eigenvalue weighted by molar-refractivity contribution is 5.95. The Hall–Kier alpha value is -1.59. The molecular formula is C10H14N2O3. The number of benzene rings is 1. The minimum Gasteiger partial charge on any atom is -0.490 e. The molecule has 0 aliphatic heterocycles. The molecule has 1 amide bonds. The number of ether oxygens (including phenoxy) is 1. The number of nitrogens with two attached hydrogens (primary N) is 2. The van der Waals surface area contributed by atoms with Gasteiger partial charge >= 0.3 is 0 Å². The second kappa shape index (κ2) is 5.33. The van der Waals surface area contributed by atoms with E-state index in [2.05, 4.69) is 0 Å². The van der Waals surface area contributed by atoms with E-state index in [0.717, 1.165) is 0 Å². The summed E-state index contributed by atoms with van der Waals surface area (Å²) in [5, 5.41) is 9.18. The highest BCUT2D eigenvalue weighted by Crippen LogP contribution is 2.17. The van der Waals surface area contributed by atoms with Crippen molar-refractivity contribution in [2.45, 2.75) is 6.10 Å². The van der Waals surface area contributed by atoms with Crippen LogP contribution in [-0.4, -0.2) is 30.3 Å². The van der Waals surface area contributed by atoms with Crippen LogP contribution in [0.25, 0.3) is 0 Å². The first-order valence-electron chi connectivity index (χ1n) is 4.55. The van der Waals surface area contributed by atoms with Crippen LogP contribution in [0, 0.1) is 0 Å². The summed E-state index contributed by atoms with van der Waals surface area (Å²) in [5.41, 5.74) is 10.7. The van der Waals surface area contributed by atoms with Gasteiger partial charge in [0.1, 0.15) is 18.5 Å². The quantitative estimate of drug-likeness (QED) is 0.609. The van der Waals surface area contributed by atoms with Gasteiger partial charge in [0.05, 0.1) is 5.56 Å². The number of primary amides is 1. The predicted molar refractivity (Wildman–Crippen MR) is 55.5 cm³/mol. The Kier molecular flexibility index (Phi) is 4.08. The van der Waals surface area contributed by atoms with Gasteiger partial charge in [0, 0.05) is 6.54 Å². The molecule has 0 spiro atoms.